The average Bonchev–Trinajstić information content (AvgIpc) is 2.49. The van der Waals surface area contributed by atoms with Gasteiger partial charge in [-0.15, -0.1) is 0 Å². The Labute approximate surface area is 128 Å². The van der Waals surface area contributed by atoms with Crippen molar-refractivity contribution in [3.8, 4) is 0 Å². The molecule has 0 unspecified atom stereocenters. The van der Waals surface area contributed by atoms with Gasteiger partial charge in [-0.05, 0) is 58.3 Å². The van der Waals surface area contributed by atoms with Gasteiger partial charge in [0, 0.05) is 7.05 Å². The molecule has 0 spiro atoms. The highest BCUT2D eigenvalue weighted by Crippen LogP contribution is 2.46. The van der Waals surface area contributed by atoms with Gasteiger partial charge in [0.05, 0.1) is 0 Å². The van der Waals surface area contributed by atoms with Crippen LogP contribution in [0.1, 0.15) is 66.7 Å². The maximum Gasteiger partial charge on any atom is 0.412 e. The second kappa shape index (κ2) is 5.01. The van der Waals surface area contributed by atoms with Crippen LogP contribution in [0.25, 0.3) is 0 Å². The van der Waals surface area contributed by atoms with Gasteiger partial charge in [0.15, 0.2) is 11.3 Å². The maximum atomic E-state index is 11.8. The number of likely N-dealkylation sites (N-methyl/N-ethyl adjacent to an activating group) is 1. The van der Waals surface area contributed by atoms with Crippen molar-refractivity contribution < 1.29 is 14.6 Å². The lowest BCUT2D eigenvalue weighted by Crippen LogP contribution is -2.53. The highest BCUT2D eigenvalue weighted by Gasteiger charge is 2.57. The predicted molar refractivity (Wildman–Crippen MR) is 82.8 cm³/mol. The summed E-state index contributed by atoms with van der Waals surface area (Å²) in [7, 11) is 1.59. The van der Waals surface area contributed by atoms with Crippen molar-refractivity contribution >= 4 is 6.09 Å². The molecule has 0 aromatic carbocycles. The molecule has 21 heavy (non-hydrogen) atoms. The molecule has 1 saturated heterocycles. The van der Waals surface area contributed by atoms with Crippen LogP contribution in [-0.4, -0.2) is 34.5 Å². The van der Waals surface area contributed by atoms with E-state index in [1.165, 1.54) is 28.9 Å². The second-order valence-electron chi connectivity index (χ2n) is 7.67. The number of allylic oxidation sites excluding steroid dienone is 2. The smallest absolute Gasteiger partial charge is 0.412 e. The fraction of sp³-hybridized carbons (Fsp3) is 0.824. The maximum absolute atomic E-state index is 11.8. The zero-order valence-corrected chi connectivity index (χ0v) is 14.2. The summed E-state index contributed by atoms with van der Waals surface area (Å²) in [5.41, 5.74) is 1.01. The van der Waals surface area contributed by atoms with Crippen LogP contribution in [0.5, 0.6) is 0 Å². The quantitative estimate of drug-likeness (QED) is 0.805. The van der Waals surface area contributed by atoms with Crippen LogP contribution in [0.15, 0.2) is 11.1 Å². The molecule has 1 aliphatic heterocycles. The summed E-state index contributed by atoms with van der Waals surface area (Å²) in [6.07, 6.45) is 4.67. The van der Waals surface area contributed by atoms with Crippen molar-refractivity contribution in [1.82, 2.24) is 4.90 Å². The number of rotatable bonds is 3. The first-order chi connectivity index (χ1) is 9.51. The summed E-state index contributed by atoms with van der Waals surface area (Å²) in [5.74, 6) is 0. The molecular weight excluding hydrogens is 266 g/mol. The minimum Gasteiger partial charge on any atom is -0.438 e. The van der Waals surface area contributed by atoms with Gasteiger partial charge in [-0.2, -0.15) is 0 Å². The van der Waals surface area contributed by atoms with Crippen molar-refractivity contribution in [3.63, 3.8) is 0 Å². The van der Waals surface area contributed by atoms with Crippen LogP contribution < -0.4 is 0 Å². The summed E-state index contributed by atoms with van der Waals surface area (Å²) in [5, 5.41) is 10.6. The number of carbonyl (C=O) groups is 1. The minimum absolute atomic E-state index is 0.207. The molecular formula is C17H29NO3. The second-order valence-corrected chi connectivity index (χ2v) is 7.67. The van der Waals surface area contributed by atoms with Gasteiger partial charge in [0.25, 0.3) is 0 Å². The first-order valence-electron chi connectivity index (χ1n) is 7.89. The van der Waals surface area contributed by atoms with E-state index >= 15 is 0 Å². The van der Waals surface area contributed by atoms with E-state index in [0.717, 1.165) is 12.8 Å². The van der Waals surface area contributed by atoms with Crippen LogP contribution >= 0.6 is 0 Å². The topological polar surface area (TPSA) is 49.8 Å². The molecule has 2 atom stereocenters. The van der Waals surface area contributed by atoms with Crippen molar-refractivity contribution in [1.29, 1.82) is 0 Å². The van der Waals surface area contributed by atoms with E-state index in [0.29, 0.717) is 6.42 Å². The summed E-state index contributed by atoms with van der Waals surface area (Å²) in [6, 6.07) is 0. The Morgan fingerprint density at radius 1 is 1.29 bits per heavy atom. The Morgan fingerprint density at radius 3 is 2.38 bits per heavy atom. The molecule has 1 heterocycles. The largest absolute Gasteiger partial charge is 0.438 e. The summed E-state index contributed by atoms with van der Waals surface area (Å²) >= 11 is 0. The Hall–Kier alpha value is -1.03. The molecule has 0 aromatic heterocycles. The van der Waals surface area contributed by atoms with E-state index in [-0.39, 0.29) is 5.41 Å². The number of cyclic esters (lactones) is 1. The summed E-state index contributed by atoms with van der Waals surface area (Å²) in [4.78, 5) is 13.1. The number of aliphatic hydroxyl groups is 1. The zero-order chi connectivity index (χ0) is 16.1. The SMILES string of the molecule is CC1=C(CC[C@@]2(C)OC(=O)N(C)[C@]2(C)O)C(C)(C)CCC1. The normalized spacial score (nSPS) is 36.1. The zero-order valence-electron chi connectivity index (χ0n) is 14.2. The molecule has 1 N–H and O–H groups in total. The first kappa shape index (κ1) is 16.3. The third-order valence-corrected chi connectivity index (χ3v) is 5.78. The van der Waals surface area contributed by atoms with Gasteiger partial charge in [-0.1, -0.05) is 25.0 Å². The van der Waals surface area contributed by atoms with Crippen LogP contribution in [0, 0.1) is 5.41 Å². The molecule has 4 heteroatoms. The van der Waals surface area contributed by atoms with Gasteiger partial charge in [0.1, 0.15) is 0 Å². The van der Waals surface area contributed by atoms with Crippen LogP contribution in [0.2, 0.25) is 0 Å². The number of carbonyl (C=O) groups excluding carboxylic acids is 1. The fourth-order valence-electron chi connectivity index (χ4n) is 3.77. The fourth-order valence-corrected chi connectivity index (χ4v) is 3.77. The molecule has 1 aliphatic carbocycles. The Balaban J connectivity index is 2.18. The van der Waals surface area contributed by atoms with Crippen molar-refractivity contribution in [3.05, 3.63) is 11.1 Å². The van der Waals surface area contributed by atoms with Crippen LogP contribution in [0.3, 0.4) is 0 Å². The van der Waals surface area contributed by atoms with Gasteiger partial charge in [0.2, 0.25) is 0 Å². The molecule has 120 valence electrons. The van der Waals surface area contributed by atoms with Crippen molar-refractivity contribution in [2.75, 3.05) is 7.05 Å². The van der Waals surface area contributed by atoms with E-state index in [1.807, 2.05) is 6.92 Å². The van der Waals surface area contributed by atoms with E-state index < -0.39 is 17.4 Å². The van der Waals surface area contributed by atoms with Gasteiger partial charge in [-0.3, -0.25) is 4.90 Å². The molecule has 4 nitrogen and oxygen atoms in total. The van der Waals surface area contributed by atoms with E-state index in [2.05, 4.69) is 20.8 Å². The van der Waals surface area contributed by atoms with Crippen LogP contribution in [-0.2, 0) is 4.74 Å². The highest BCUT2D eigenvalue weighted by molar-refractivity contribution is 5.71. The van der Waals surface area contributed by atoms with E-state index in [1.54, 1.807) is 14.0 Å². The van der Waals surface area contributed by atoms with Crippen molar-refractivity contribution in [2.45, 2.75) is 78.0 Å². The number of ether oxygens (including phenoxy) is 1. The molecule has 2 aliphatic rings. The van der Waals surface area contributed by atoms with Crippen molar-refractivity contribution in [2.24, 2.45) is 5.41 Å². The molecule has 0 saturated carbocycles. The Kier molecular flexibility index (Phi) is 3.90. The van der Waals surface area contributed by atoms with E-state index in [4.69, 9.17) is 4.74 Å². The van der Waals surface area contributed by atoms with Crippen LogP contribution in [0.4, 0.5) is 4.79 Å². The lowest BCUT2D eigenvalue weighted by Gasteiger charge is -2.39. The third kappa shape index (κ3) is 2.59. The molecule has 0 radical (unpaired) electrons. The Morgan fingerprint density at radius 2 is 1.90 bits per heavy atom. The summed E-state index contributed by atoms with van der Waals surface area (Å²) < 4.78 is 5.49. The number of amides is 1. The van der Waals surface area contributed by atoms with Gasteiger partial charge in [-0.25, -0.2) is 4.79 Å². The van der Waals surface area contributed by atoms with Gasteiger partial charge < -0.3 is 9.84 Å². The molecule has 1 fully saturated rings. The lowest BCUT2D eigenvalue weighted by atomic mass is 9.70. The molecule has 2 rings (SSSR count). The average molecular weight is 295 g/mol. The minimum atomic E-state index is -1.27. The standard InChI is InChI=1S/C17H29NO3/c1-12-8-7-10-15(2,3)13(12)9-11-16(4)17(5,20)18(6)14(19)21-16/h20H,7-11H2,1-6H3/t16-,17-/m1/s1. The number of nitrogens with zero attached hydrogens (tertiary/aromatic N) is 1. The summed E-state index contributed by atoms with van der Waals surface area (Å²) in [6.45, 7) is 10.3. The monoisotopic (exact) mass is 295 g/mol. The lowest BCUT2D eigenvalue weighted by molar-refractivity contribution is -0.133. The first-order valence-corrected chi connectivity index (χ1v) is 7.89. The Bertz CT molecular complexity index is 478. The molecule has 1 amide bonds. The van der Waals surface area contributed by atoms with Gasteiger partial charge >= 0.3 is 6.09 Å². The number of hydrogen-bond donors (Lipinski definition) is 1. The highest BCUT2D eigenvalue weighted by atomic mass is 16.6. The molecule has 0 bridgehead atoms. The number of hydrogen-bond acceptors (Lipinski definition) is 3. The molecule has 0 aromatic rings. The third-order valence-electron chi connectivity index (χ3n) is 5.78. The predicted octanol–water partition coefficient (Wildman–Crippen LogP) is 3.84. The van der Waals surface area contributed by atoms with E-state index in [9.17, 15) is 9.90 Å².